The number of rotatable bonds is 4. The summed E-state index contributed by atoms with van der Waals surface area (Å²) in [5.41, 5.74) is 0.495. The van der Waals surface area contributed by atoms with Gasteiger partial charge < -0.3 is 19.7 Å². The normalized spacial score (nSPS) is 19.3. The van der Waals surface area contributed by atoms with Gasteiger partial charge in [-0.1, -0.05) is 0 Å². The molecule has 0 bridgehead atoms. The second kappa shape index (κ2) is 6.49. The van der Waals surface area contributed by atoms with Gasteiger partial charge in [-0.2, -0.15) is 0 Å². The van der Waals surface area contributed by atoms with Crippen LogP contribution in [-0.4, -0.2) is 57.5 Å². The summed E-state index contributed by atoms with van der Waals surface area (Å²) in [6.07, 6.45) is 1.79. The highest BCUT2D eigenvalue weighted by Crippen LogP contribution is 2.20. The summed E-state index contributed by atoms with van der Waals surface area (Å²) in [5.74, 6) is 0.304. The number of anilines is 1. The fourth-order valence-corrected chi connectivity index (χ4v) is 2.18. The maximum Gasteiger partial charge on any atom is 0.341 e. The van der Waals surface area contributed by atoms with Crippen molar-refractivity contribution in [3.05, 3.63) is 23.9 Å². The standard InChI is InChI=1S/C13H19N3O3/c1-14-8-10-9-16(6-7-19-10)12-11(13(17)18-2)4-3-5-15-12/h3-5,10,14H,6-9H2,1-2H3. The van der Waals surface area contributed by atoms with E-state index in [-0.39, 0.29) is 12.1 Å². The highest BCUT2D eigenvalue weighted by atomic mass is 16.5. The minimum absolute atomic E-state index is 0.103. The van der Waals surface area contributed by atoms with Crippen LogP contribution in [0.3, 0.4) is 0 Å². The summed E-state index contributed by atoms with van der Waals surface area (Å²) < 4.78 is 10.4. The molecule has 1 aromatic rings. The van der Waals surface area contributed by atoms with Crippen LogP contribution in [0, 0.1) is 0 Å². The van der Waals surface area contributed by atoms with Crippen molar-refractivity contribution < 1.29 is 14.3 Å². The zero-order chi connectivity index (χ0) is 13.7. The number of likely N-dealkylation sites (N-methyl/N-ethyl adjacent to an activating group) is 1. The van der Waals surface area contributed by atoms with Gasteiger partial charge in [0, 0.05) is 25.8 Å². The molecular formula is C13H19N3O3. The Morgan fingerprint density at radius 1 is 1.68 bits per heavy atom. The summed E-state index contributed by atoms with van der Waals surface area (Å²) >= 11 is 0. The third kappa shape index (κ3) is 3.21. The van der Waals surface area contributed by atoms with Crippen LogP contribution in [-0.2, 0) is 9.47 Å². The molecule has 1 aromatic heterocycles. The Kier molecular flexibility index (Phi) is 4.70. The largest absolute Gasteiger partial charge is 0.465 e. The van der Waals surface area contributed by atoms with E-state index in [1.165, 1.54) is 7.11 Å². The molecule has 2 heterocycles. The second-order valence-electron chi connectivity index (χ2n) is 4.36. The molecule has 2 rings (SSSR count). The monoisotopic (exact) mass is 265 g/mol. The van der Waals surface area contributed by atoms with Crippen molar-refractivity contribution in [3.8, 4) is 0 Å². The quantitative estimate of drug-likeness (QED) is 0.790. The molecule has 0 aromatic carbocycles. The Morgan fingerprint density at radius 2 is 2.53 bits per heavy atom. The molecule has 0 spiro atoms. The third-order valence-electron chi connectivity index (χ3n) is 3.06. The number of aromatic nitrogens is 1. The number of carbonyl (C=O) groups is 1. The van der Waals surface area contributed by atoms with E-state index in [4.69, 9.17) is 9.47 Å². The fraction of sp³-hybridized carbons (Fsp3) is 0.538. The molecule has 6 nitrogen and oxygen atoms in total. The first-order chi connectivity index (χ1) is 9.26. The summed E-state index contributed by atoms with van der Waals surface area (Å²) in [7, 11) is 3.27. The number of hydrogen-bond donors (Lipinski definition) is 1. The number of ether oxygens (including phenoxy) is 2. The van der Waals surface area contributed by atoms with Gasteiger partial charge in [0.05, 0.1) is 19.8 Å². The van der Waals surface area contributed by atoms with E-state index in [9.17, 15) is 4.79 Å². The molecule has 19 heavy (non-hydrogen) atoms. The van der Waals surface area contributed by atoms with Crippen molar-refractivity contribution in [2.45, 2.75) is 6.10 Å². The van der Waals surface area contributed by atoms with Gasteiger partial charge in [0.25, 0.3) is 0 Å². The molecule has 0 radical (unpaired) electrons. The van der Waals surface area contributed by atoms with Crippen molar-refractivity contribution in [2.24, 2.45) is 0 Å². The van der Waals surface area contributed by atoms with Crippen molar-refractivity contribution in [1.82, 2.24) is 10.3 Å². The second-order valence-corrected chi connectivity index (χ2v) is 4.36. The lowest BCUT2D eigenvalue weighted by molar-refractivity contribution is 0.0415. The predicted octanol–water partition coefficient (Wildman–Crippen LogP) is 0.293. The van der Waals surface area contributed by atoms with E-state index in [1.807, 2.05) is 7.05 Å². The van der Waals surface area contributed by atoms with Gasteiger partial charge in [0.1, 0.15) is 11.4 Å². The minimum Gasteiger partial charge on any atom is -0.465 e. The number of esters is 1. The van der Waals surface area contributed by atoms with E-state index >= 15 is 0 Å². The number of pyridine rings is 1. The van der Waals surface area contributed by atoms with E-state index in [0.29, 0.717) is 24.5 Å². The lowest BCUT2D eigenvalue weighted by atomic mass is 10.2. The van der Waals surface area contributed by atoms with Crippen LogP contribution in [0.25, 0.3) is 0 Å². The predicted molar refractivity (Wildman–Crippen MR) is 71.5 cm³/mol. The smallest absolute Gasteiger partial charge is 0.341 e. The number of nitrogens with one attached hydrogen (secondary N) is 1. The Bertz CT molecular complexity index is 437. The van der Waals surface area contributed by atoms with Crippen molar-refractivity contribution in [1.29, 1.82) is 0 Å². The topological polar surface area (TPSA) is 63.7 Å². The zero-order valence-electron chi connectivity index (χ0n) is 11.3. The Balaban J connectivity index is 2.19. The van der Waals surface area contributed by atoms with Crippen LogP contribution in [0.2, 0.25) is 0 Å². The maximum atomic E-state index is 11.8. The lowest BCUT2D eigenvalue weighted by Gasteiger charge is -2.34. The van der Waals surface area contributed by atoms with Gasteiger partial charge in [-0.25, -0.2) is 9.78 Å². The molecule has 1 fully saturated rings. The maximum absolute atomic E-state index is 11.8. The molecule has 1 aliphatic heterocycles. The van der Waals surface area contributed by atoms with Gasteiger partial charge in [0.2, 0.25) is 0 Å². The van der Waals surface area contributed by atoms with Gasteiger partial charge >= 0.3 is 5.97 Å². The number of carbonyl (C=O) groups excluding carboxylic acids is 1. The fourth-order valence-electron chi connectivity index (χ4n) is 2.18. The van der Waals surface area contributed by atoms with Crippen LogP contribution in [0.4, 0.5) is 5.82 Å². The molecule has 0 amide bonds. The number of nitrogens with zero attached hydrogens (tertiary/aromatic N) is 2. The van der Waals surface area contributed by atoms with E-state index < -0.39 is 0 Å². The molecule has 1 saturated heterocycles. The average molecular weight is 265 g/mol. The molecular weight excluding hydrogens is 246 g/mol. The number of morpholine rings is 1. The minimum atomic E-state index is -0.361. The third-order valence-corrected chi connectivity index (χ3v) is 3.06. The summed E-state index contributed by atoms with van der Waals surface area (Å²) in [4.78, 5) is 18.1. The van der Waals surface area contributed by atoms with Crippen molar-refractivity contribution in [2.75, 3.05) is 45.3 Å². The Labute approximate surface area is 112 Å². The van der Waals surface area contributed by atoms with Crippen LogP contribution in [0.15, 0.2) is 18.3 Å². The van der Waals surface area contributed by atoms with Crippen molar-refractivity contribution >= 4 is 11.8 Å². The summed E-state index contributed by atoms with van der Waals surface area (Å²) in [6.45, 7) is 2.84. The van der Waals surface area contributed by atoms with Crippen LogP contribution in [0.1, 0.15) is 10.4 Å². The van der Waals surface area contributed by atoms with Crippen LogP contribution in [0.5, 0.6) is 0 Å². The van der Waals surface area contributed by atoms with Crippen LogP contribution >= 0.6 is 0 Å². The molecule has 0 saturated carbocycles. The SMILES string of the molecule is CNCC1CN(c2ncccc2C(=O)OC)CCO1. The Morgan fingerprint density at radius 3 is 3.26 bits per heavy atom. The molecule has 104 valence electrons. The molecule has 1 atom stereocenters. The first-order valence-electron chi connectivity index (χ1n) is 6.30. The van der Waals surface area contributed by atoms with Crippen LogP contribution < -0.4 is 10.2 Å². The van der Waals surface area contributed by atoms with E-state index in [1.54, 1.807) is 18.3 Å². The van der Waals surface area contributed by atoms with Gasteiger partial charge in [-0.05, 0) is 19.2 Å². The lowest BCUT2D eigenvalue weighted by Crippen LogP contribution is -2.47. The number of methoxy groups -OCH3 is 1. The molecule has 1 unspecified atom stereocenters. The molecule has 6 heteroatoms. The van der Waals surface area contributed by atoms with E-state index in [0.717, 1.165) is 13.1 Å². The first-order valence-corrected chi connectivity index (χ1v) is 6.30. The first kappa shape index (κ1) is 13.8. The summed E-state index contributed by atoms with van der Waals surface area (Å²) in [6, 6.07) is 3.47. The number of hydrogen-bond acceptors (Lipinski definition) is 6. The highest BCUT2D eigenvalue weighted by Gasteiger charge is 2.24. The van der Waals surface area contributed by atoms with Gasteiger partial charge in [0.15, 0.2) is 0 Å². The highest BCUT2D eigenvalue weighted by molar-refractivity contribution is 5.94. The zero-order valence-corrected chi connectivity index (χ0v) is 11.3. The summed E-state index contributed by atoms with van der Waals surface area (Å²) in [5, 5.41) is 3.09. The molecule has 0 aliphatic carbocycles. The van der Waals surface area contributed by atoms with E-state index in [2.05, 4.69) is 15.2 Å². The average Bonchev–Trinajstić information content (AvgIpc) is 2.47. The molecule has 1 N–H and O–H groups in total. The molecule has 1 aliphatic rings. The van der Waals surface area contributed by atoms with Crippen molar-refractivity contribution in [3.63, 3.8) is 0 Å². The van der Waals surface area contributed by atoms with Gasteiger partial charge in [-0.15, -0.1) is 0 Å². The Hall–Kier alpha value is -1.66. The van der Waals surface area contributed by atoms with Gasteiger partial charge in [-0.3, -0.25) is 0 Å².